The molecular formula is C32H37N7O2. The Morgan fingerprint density at radius 3 is 2.39 bits per heavy atom. The van der Waals surface area contributed by atoms with Crippen molar-refractivity contribution in [3.05, 3.63) is 95.7 Å². The number of guanidine groups is 1. The molecule has 0 unspecified atom stereocenters. The number of nitrogens with two attached hydrogens (primary N) is 1. The summed E-state index contributed by atoms with van der Waals surface area (Å²) in [7, 11) is 4.00. The SMILES string of the molecule is CN1CCC(N(C)C(=O)c2ccc(NC(N)=Nc3ncccc3C3=CCN(C(=O)c4ccccc4)CC3)cc2)CC1. The summed E-state index contributed by atoms with van der Waals surface area (Å²) in [6, 6.07) is 20.7. The van der Waals surface area contributed by atoms with Gasteiger partial charge < -0.3 is 25.8 Å². The van der Waals surface area contributed by atoms with Gasteiger partial charge in [-0.3, -0.25) is 9.59 Å². The third-order valence-corrected chi connectivity index (χ3v) is 7.84. The van der Waals surface area contributed by atoms with Gasteiger partial charge in [-0.1, -0.05) is 24.3 Å². The van der Waals surface area contributed by atoms with E-state index >= 15 is 0 Å². The Bertz CT molecular complexity index is 1430. The molecule has 0 bridgehead atoms. The highest BCUT2D eigenvalue weighted by atomic mass is 16.2. The first-order valence-corrected chi connectivity index (χ1v) is 14.0. The Morgan fingerprint density at radius 2 is 1.71 bits per heavy atom. The summed E-state index contributed by atoms with van der Waals surface area (Å²) in [4.78, 5) is 40.9. The molecule has 2 aliphatic heterocycles. The summed E-state index contributed by atoms with van der Waals surface area (Å²) in [5.74, 6) is 0.763. The summed E-state index contributed by atoms with van der Waals surface area (Å²) < 4.78 is 0. The molecule has 1 fully saturated rings. The summed E-state index contributed by atoms with van der Waals surface area (Å²) in [5.41, 5.74) is 10.3. The Labute approximate surface area is 241 Å². The van der Waals surface area contributed by atoms with Crippen molar-refractivity contribution in [2.24, 2.45) is 10.7 Å². The highest BCUT2D eigenvalue weighted by Gasteiger charge is 2.25. The first-order chi connectivity index (χ1) is 19.9. The fourth-order valence-corrected chi connectivity index (χ4v) is 5.34. The summed E-state index contributed by atoms with van der Waals surface area (Å²) in [5, 5.41) is 3.11. The lowest BCUT2D eigenvalue weighted by molar-refractivity contribution is 0.0659. The van der Waals surface area contributed by atoms with Crippen LogP contribution in [0.1, 0.15) is 45.5 Å². The topological polar surface area (TPSA) is 107 Å². The fraction of sp³-hybridized carbons (Fsp3) is 0.312. The molecule has 3 heterocycles. The highest BCUT2D eigenvalue weighted by Crippen LogP contribution is 2.29. The quantitative estimate of drug-likeness (QED) is 0.351. The number of nitrogens with one attached hydrogen (secondary N) is 1. The van der Waals surface area contributed by atoms with Crippen LogP contribution in [0.15, 0.2) is 84.0 Å². The van der Waals surface area contributed by atoms with Gasteiger partial charge in [-0.25, -0.2) is 4.98 Å². The Hall–Kier alpha value is -4.50. The number of pyridine rings is 1. The Morgan fingerprint density at radius 1 is 0.976 bits per heavy atom. The van der Waals surface area contributed by atoms with Crippen molar-refractivity contribution in [1.82, 2.24) is 19.7 Å². The number of rotatable bonds is 6. The third kappa shape index (κ3) is 6.81. The second-order valence-corrected chi connectivity index (χ2v) is 10.6. The van der Waals surface area contributed by atoms with E-state index < -0.39 is 0 Å². The number of carbonyl (C=O) groups is 2. The lowest BCUT2D eigenvalue weighted by Crippen LogP contribution is -2.44. The number of aliphatic imine (C=N–C) groups is 1. The van der Waals surface area contributed by atoms with Gasteiger partial charge in [-0.05, 0) is 93.5 Å². The molecule has 3 aromatic rings. The molecule has 0 radical (unpaired) electrons. The van der Waals surface area contributed by atoms with Gasteiger partial charge in [-0.15, -0.1) is 0 Å². The minimum atomic E-state index is 0.0238. The number of likely N-dealkylation sites (tertiary alicyclic amines) is 1. The maximum atomic E-state index is 13.0. The first-order valence-electron chi connectivity index (χ1n) is 14.0. The second kappa shape index (κ2) is 12.8. The first kappa shape index (κ1) is 28.0. The number of amides is 2. The number of nitrogens with zero attached hydrogens (tertiary/aromatic N) is 5. The van der Waals surface area contributed by atoms with Gasteiger partial charge >= 0.3 is 0 Å². The molecule has 0 aliphatic carbocycles. The number of hydrogen-bond donors (Lipinski definition) is 2. The fourth-order valence-electron chi connectivity index (χ4n) is 5.34. The molecule has 2 aromatic carbocycles. The zero-order chi connectivity index (χ0) is 28.8. The van der Waals surface area contributed by atoms with Crippen LogP contribution < -0.4 is 11.1 Å². The maximum absolute atomic E-state index is 13.0. The van der Waals surface area contributed by atoms with E-state index in [0.717, 1.165) is 42.8 Å². The average Bonchev–Trinajstić information content (AvgIpc) is 3.01. The van der Waals surface area contributed by atoms with Crippen LogP contribution in [0.2, 0.25) is 0 Å². The largest absolute Gasteiger partial charge is 0.369 e. The number of piperidine rings is 1. The average molecular weight is 552 g/mol. The molecule has 9 heteroatoms. The standard InChI is InChI=1S/C32H37N7O2/c1-37-19-16-27(17-20-37)38(2)30(40)25-10-12-26(13-11-25)35-32(33)36-29-28(9-6-18-34-29)23-14-21-39(22-15-23)31(41)24-7-4-3-5-8-24/h3-14,18,27H,15-17,19-22H2,1-2H3,(H3,33,34,35,36). The molecule has 2 aliphatic rings. The van der Waals surface area contributed by atoms with Crippen molar-refractivity contribution in [2.45, 2.75) is 25.3 Å². The molecule has 1 aromatic heterocycles. The molecule has 41 heavy (non-hydrogen) atoms. The maximum Gasteiger partial charge on any atom is 0.254 e. The van der Waals surface area contributed by atoms with Gasteiger partial charge in [0.1, 0.15) is 0 Å². The van der Waals surface area contributed by atoms with Crippen molar-refractivity contribution in [1.29, 1.82) is 0 Å². The predicted molar refractivity (Wildman–Crippen MR) is 163 cm³/mol. The van der Waals surface area contributed by atoms with Crippen molar-refractivity contribution in [2.75, 3.05) is 45.6 Å². The van der Waals surface area contributed by atoms with E-state index in [1.807, 2.05) is 83.6 Å². The molecule has 5 rings (SSSR count). The predicted octanol–water partition coefficient (Wildman–Crippen LogP) is 4.24. The summed E-state index contributed by atoms with van der Waals surface area (Å²) in [6.45, 7) is 3.15. The van der Waals surface area contributed by atoms with Crippen LogP contribution in [0.5, 0.6) is 0 Å². The van der Waals surface area contributed by atoms with Crippen LogP contribution in [0.3, 0.4) is 0 Å². The zero-order valence-electron chi connectivity index (χ0n) is 23.7. The number of hydrogen-bond acceptors (Lipinski definition) is 5. The minimum Gasteiger partial charge on any atom is -0.369 e. The molecule has 212 valence electrons. The van der Waals surface area contributed by atoms with Crippen molar-refractivity contribution >= 4 is 34.9 Å². The van der Waals surface area contributed by atoms with Gasteiger partial charge in [0.05, 0.1) is 0 Å². The Kier molecular flexibility index (Phi) is 8.74. The van der Waals surface area contributed by atoms with Crippen LogP contribution in [0, 0.1) is 0 Å². The molecular weight excluding hydrogens is 514 g/mol. The van der Waals surface area contributed by atoms with E-state index in [0.29, 0.717) is 36.5 Å². The third-order valence-electron chi connectivity index (χ3n) is 7.84. The van der Waals surface area contributed by atoms with Gasteiger partial charge in [0.25, 0.3) is 11.8 Å². The molecule has 0 atom stereocenters. The van der Waals surface area contributed by atoms with Crippen LogP contribution in [-0.2, 0) is 0 Å². The minimum absolute atomic E-state index is 0.0238. The lowest BCUT2D eigenvalue weighted by Gasteiger charge is -2.35. The lowest BCUT2D eigenvalue weighted by atomic mass is 9.99. The number of carbonyl (C=O) groups excluding carboxylic acids is 2. The van der Waals surface area contributed by atoms with Crippen LogP contribution in [0.4, 0.5) is 11.5 Å². The van der Waals surface area contributed by atoms with Crippen molar-refractivity contribution < 1.29 is 9.59 Å². The van der Waals surface area contributed by atoms with Gasteiger partial charge in [0.15, 0.2) is 11.8 Å². The number of anilines is 1. The number of benzene rings is 2. The van der Waals surface area contributed by atoms with Crippen LogP contribution in [0.25, 0.3) is 5.57 Å². The van der Waals surface area contributed by atoms with E-state index in [9.17, 15) is 9.59 Å². The summed E-state index contributed by atoms with van der Waals surface area (Å²) in [6.07, 6.45) is 6.42. The molecule has 9 nitrogen and oxygen atoms in total. The van der Waals surface area contributed by atoms with Gasteiger partial charge in [0.2, 0.25) is 0 Å². The van der Waals surface area contributed by atoms with E-state index in [1.165, 1.54) is 0 Å². The van der Waals surface area contributed by atoms with E-state index in [-0.39, 0.29) is 23.8 Å². The highest BCUT2D eigenvalue weighted by molar-refractivity contribution is 5.97. The van der Waals surface area contributed by atoms with Gasteiger partial charge in [-0.2, -0.15) is 4.99 Å². The van der Waals surface area contributed by atoms with Crippen LogP contribution >= 0.6 is 0 Å². The smallest absolute Gasteiger partial charge is 0.254 e. The molecule has 2 amide bonds. The van der Waals surface area contributed by atoms with E-state index in [1.54, 1.807) is 6.20 Å². The number of aromatic nitrogens is 1. The Balaban J connectivity index is 1.22. The zero-order valence-corrected chi connectivity index (χ0v) is 23.7. The normalized spacial score (nSPS) is 16.7. The molecule has 0 spiro atoms. The van der Waals surface area contributed by atoms with Crippen molar-refractivity contribution in [3.63, 3.8) is 0 Å². The summed E-state index contributed by atoms with van der Waals surface area (Å²) >= 11 is 0. The monoisotopic (exact) mass is 551 g/mol. The van der Waals surface area contributed by atoms with E-state index in [4.69, 9.17) is 5.73 Å². The van der Waals surface area contributed by atoms with Crippen LogP contribution in [-0.4, -0.2) is 83.8 Å². The molecule has 0 saturated carbocycles. The van der Waals surface area contributed by atoms with Crippen molar-refractivity contribution in [3.8, 4) is 0 Å². The van der Waals surface area contributed by atoms with E-state index in [2.05, 4.69) is 33.3 Å². The molecule has 1 saturated heterocycles. The van der Waals surface area contributed by atoms with Gasteiger partial charge in [0, 0.05) is 54.8 Å². The molecule has 3 N–H and O–H groups in total. The second-order valence-electron chi connectivity index (χ2n) is 10.6.